The van der Waals surface area contributed by atoms with E-state index in [1.165, 1.54) is 24.3 Å². The lowest BCUT2D eigenvalue weighted by atomic mass is 10.2. The van der Waals surface area contributed by atoms with Gasteiger partial charge in [0.15, 0.2) is 10.2 Å². The monoisotopic (exact) mass is 536 g/mol. The van der Waals surface area contributed by atoms with Crippen LogP contribution in [0, 0.1) is 0 Å². The molecule has 4 N–H and O–H groups in total. The summed E-state index contributed by atoms with van der Waals surface area (Å²) in [5.41, 5.74) is 0.525. The van der Waals surface area contributed by atoms with Gasteiger partial charge in [0.1, 0.15) is 0 Å². The molecule has 0 bridgehead atoms. The van der Waals surface area contributed by atoms with E-state index in [9.17, 15) is 9.59 Å². The Morgan fingerprint density at radius 2 is 1.10 bits per heavy atom. The average molecular weight is 538 g/mol. The molecule has 0 heterocycles. The molecule has 2 aromatic carbocycles. The van der Waals surface area contributed by atoms with Crippen molar-refractivity contribution in [1.82, 2.24) is 21.3 Å². The number of nitrogens with one attached hydrogen (secondary N) is 4. The molecule has 0 spiro atoms. The maximum Gasteiger partial charge on any atom is 0.258 e. The Balaban J connectivity index is 1.67. The van der Waals surface area contributed by atoms with E-state index < -0.39 is 11.8 Å². The van der Waals surface area contributed by atoms with Gasteiger partial charge in [-0.3, -0.25) is 20.2 Å². The number of halogens is 4. The van der Waals surface area contributed by atoms with Crippen LogP contribution in [-0.2, 0) is 0 Å². The van der Waals surface area contributed by atoms with Gasteiger partial charge in [-0.05, 0) is 67.3 Å². The number of hydrogen-bond donors (Lipinski definition) is 4. The molecule has 0 atom stereocenters. The van der Waals surface area contributed by atoms with Gasteiger partial charge < -0.3 is 10.6 Å². The maximum atomic E-state index is 12.2. The van der Waals surface area contributed by atoms with Crippen LogP contribution < -0.4 is 21.3 Å². The largest absolute Gasteiger partial charge is 0.362 e. The molecule has 2 aromatic rings. The number of rotatable bonds is 6. The summed E-state index contributed by atoms with van der Waals surface area (Å²) in [7, 11) is 0. The van der Waals surface area contributed by atoms with E-state index in [0.29, 0.717) is 29.6 Å². The maximum absolute atomic E-state index is 12.2. The Labute approximate surface area is 209 Å². The van der Waals surface area contributed by atoms with Gasteiger partial charge >= 0.3 is 0 Å². The van der Waals surface area contributed by atoms with E-state index in [0.717, 1.165) is 0 Å². The number of thiocarbonyl (C=S) groups is 2. The zero-order valence-electron chi connectivity index (χ0n) is 15.7. The second kappa shape index (κ2) is 12.4. The summed E-state index contributed by atoms with van der Waals surface area (Å²) in [6, 6.07) is 9.10. The normalized spacial score (nSPS) is 10.2. The van der Waals surface area contributed by atoms with Gasteiger partial charge in [0.05, 0.1) is 21.2 Å². The summed E-state index contributed by atoms with van der Waals surface area (Å²) in [5, 5.41) is 12.5. The molecule has 2 amide bonds. The molecule has 0 aliphatic carbocycles. The van der Waals surface area contributed by atoms with Crippen LogP contribution in [0.15, 0.2) is 36.4 Å². The predicted molar refractivity (Wildman–Crippen MR) is 134 cm³/mol. The lowest BCUT2D eigenvalue weighted by Crippen LogP contribution is -2.42. The molecule has 6 nitrogen and oxygen atoms in total. The van der Waals surface area contributed by atoms with Gasteiger partial charge in [0.2, 0.25) is 0 Å². The van der Waals surface area contributed by atoms with Crippen molar-refractivity contribution >= 4 is 92.9 Å². The fourth-order valence-electron chi connectivity index (χ4n) is 2.27. The topological polar surface area (TPSA) is 82.3 Å². The molecule has 2 rings (SSSR count). The molecule has 0 saturated carbocycles. The summed E-state index contributed by atoms with van der Waals surface area (Å²) in [4.78, 5) is 24.4. The Morgan fingerprint density at radius 3 is 1.45 bits per heavy atom. The fraction of sp³-hybridized carbons (Fsp3) is 0.158. The van der Waals surface area contributed by atoms with Crippen molar-refractivity contribution in [2.45, 2.75) is 6.42 Å². The first-order valence-electron chi connectivity index (χ1n) is 8.76. The molecular weight excluding hydrogens is 522 g/mol. The molecule has 0 aliphatic heterocycles. The van der Waals surface area contributed by atoms with Crippen LogP contribution in [0.3, 0.4) is 0 Å². The molecule has 0 saturated heterocycles. The zero-order chi connectivity index (χ0) is 23.0. The molecule has 12 heteroatoms. The van der Waals surface area contributed by atoms with Gasteiger partial charge in [-0.15, -0.1) is 0 Å². The Kier molecular flexibility index (Phi) is 10.2. The van der Waals surface area contributed by atoms with E-state index in [1.807, 2.05) is 0 Å². The van der Waals surface area contributed by atoms with E-state index in [4.69, 9.17) is 70.8 Å². The molecule has 164 valence electrons. The van der Waals surface area contributed by atoms with Crippen LogP contribution in [0.2, 0.25) is 20.1 Å². The van der Waals surface area contributed by atoms with Crippen LogP contribution in [0.25, 0.3) is 0 Å². The number of carbonyl (C=O) groups is 2. The zero-order valence-corrected chi connectivity index (χ0v) is 20.4. The highest BCUT2D eigenvalue weighted by Crippen LogP contribution is 2.21. The van der Waals surface area contributed by atoms with Gasteiger partial charge in [-0.2, -0.15) is 0 Å². The molecule has 0 unspecified atom stereocenters. The van der Waals surface area contributed by atoms with Crippen molar-refractivity contribution in [1.29, 1.82) is 0 Å². The van der Waals surface area contributed by atoms with Gasteiger partial charge in [0, 0.05) is 23.1 Å². The highest BCUT2D eigenvalue weighted by Gasteiger charge is 2.13. The third-order valence-electron chi connectivity index (χ3n) is 3.73. The smallest absolute Gasteiger partial charge is 0.258 e. The van der Waals surface area contributed by atoms with Crippen LogP contribution in [0.5, 0.6) is 0 Å². The number of benzene rings is 2. The number of amides is 2. The minimum Gasteiger partial charge on any atom is -0.362 e. The molecule has 0 fully saturated rings. The van der Waals surface area contributed by atoms with Crippen molar-refractivity contribution in [2.24, 2.45) is 0 Å². The lowest BCUT2D eigenvalue weighted by Gasteiger charge is -2.12. The van der Waals surface area contributed by atoms with E-state index in [-0.39, 0.29) is 31.4 Å². The summed E-state index contributed by atoms with van der Waals surface area (Å²) in [6.07, 6.45) is 0.607. The van der Waals surface area contributed by atoms with Crippen molar-refractivity contribution in [3.63, 3.8) is 0 Å². The van der Waals surface area contributed by atoms with Crippen molar-refractivity contribution < 1.29 is 9.59 Å². The standard InChI is InChI=1S/C19H16Cl4N4O2S2/c20-10-2-4-12(14(22)8-10)16(28)26-18(30)24-6-1-7-25-19(31)27-17(29)13-5-3-11(21)9-15(13)23/h2-5,8-9H,1,6-7H2,(H2,24,26,28,30)(H2,25,27,29,31). The van der Waals surface area contributed by atoms with Crippen LogP contribution >= 0.6 is 70.8 Å². The second-order valence-corrected chi connectivity index (χ2v) is 8.53. The van der Waals surface area contributed by atoms with Gasteiger partial charge in [-0.25, -0.2) is 0 Å². The van der Waals surface area contributed by atoms with E-state index in [1.54, 1.807) is 12.1 Å². The number of carbonyl (C=O) groups excluding carboxylic acids is 2. The van der Waals surface area contributed by atoms with Crippen molar-refractivity contribution in [2.75, 3.05) is 13.1 Å². The lowest BCUT2D eigenvalue weighted by molar-refractivity contribution is 0.0968. The Morgan fingerprint density at radius 1 is 0.710 bits per heavy atom. The molecular formula is C19H16Cl4N4O2S2. The summed E-state index contributed by atoms with van der Waals surface area (Å²) < 4.78 is 0. The fourth-order valence-corrected chi connectivity index (χ4v) is 3.65. The summed E-state index contributed by atoms with van der Waals surface area (Å²) >= 11 is 33.8. The highest BCUT2D eigenvalue weighted by molar-refractivity contribution is 7.80. The summed E-state index contributed by atoms with van der Waals surface area (Å²) in [6.45, 7) is 0.917. The predicted octanol–water partition coefficient (Wildman–Crippen LogP) is 4.60. The SMILES string of the molecule is O=C(NC(=S)NCCCNC(=S)NC(=O)c1ccc(Cl)cc1Cl)c1ccc(Cl)cc1Cl. The quantitative estimate of drug-likeness (QED) is 0.318. The third-order valence-corrected chi connectivity index (χ3v) is 5.32. The Bertz CT molecular complexity index is 941. The Hall–Kier alpha value is -1.68. The molecule has 31 heavy (non-hydrogen) atoms. The first-order valence-corrected chi connectivity index (χ1v) is 11.1. The molecule has 0 aromatic heterocycles. The second-order valence-electron chi connectivity index (χ2n) is 6.02. The minimum absolute atomic E-state index is 0.157. The van der Waals surface area contributed by atoms with Crippen LogP contribution in [0.1, 0.15) is 27.1 Å². The van der Waals surface area contributed by atoms with Gasteiger partial charge in [0.25, 0.3) is 11.8 Å². The minimum atomic E-state index is -0.443. The first-order chi connectivity index (χ1) is 14.7. The average Bonchev–Trinajstić information content (AvgIpc) is 2.67. The summed E-state index contributed by atoms with van der Waals surface area (Å²) in [5.74, 6) is -0.885. The molecule has 0 radical (unpaired) electrons. The van der Waals surface area contributed by atoms with Crippen molar-refractivity contribution in [3.8, 4) is 0 Å². The van der Waals surface area contributed by atoms with Crippen molar-refractivity contribution in [3.05, 3.63) is 67.6 Å². The molecule has 0 aliphatic rings. The third kappa shape index (κ3) is 8.40. The van der Waals surface area contributed by atoms with E-state index in [2.05, 4.69) is 21.3 Å². The van der Waals surface area contributed by atoms with Gasteiger partial charge in [-0.1, -0.05) is 46.4 Å². The van der Waals surface area contributed by atoms with Crippen LogP contribution in [-0.4, -0.2) is 35.1 Å². The van der Waals surface area contributed by atoms with E-state index >= 15 is 0 Å². The first kappa shape index (κ1) is 25.6. The number of hydrogen-bond acceptors (Lipinski definition) is 4. The van der Waals surface area contributed by atoms with Crippen LogP contribution in [0.4, 0.5) is 0 Å². The highest BCUT2D eigenvalue weighted by atomic mass is 35.5.